The molecule has 1 fully saturated rings. The summed E-state index contributed by atoms with van der Waals surface area (Å²) in [5.41, 5.74) is -0.0537. The van der Waals surface area contributed by atoms with E-state index < -0.39 is 21.1 Å². The van der Waals surface area contributed by atoms with Crippen LogP contribution in [0.2, 0.25) is 0 Å². The zero-order chi connectivity index (χ0) is 20.9. The van der Waals surface area contributed by atoms with Gasteiger partial charge in [-0.3, -0.25) is 14.4 Å². The fourth-order valence-electron chi connectivity index (χ4n) is 3.51. The van der Waals surface area contributed by atoms with Crippen LogP contribution < -0.4 is 4.31 Å². The van der Waals surface area contributed by atoms with Gasteiger partial charge in [0.25, 0.3) is 15.7 Å². The molecule has 156 valence electrons. The molecule has 2 aromatic carbocycles. The number of non-ortho nitro benzene ring substituents is 1. The minimum absolute atomic E-state index is 0.0664. The molecular weight excluding hydrogens is 394 g/mol. The Hall–Kier alpha value is -2.49. The summed E-state index contributed by atoms with van der Waals surface area (Å²) in [6.07, 6.45) is 2.35. The number of aliphatic hydroxyl groups excluding tert-OH is 1. The van der Waals surface area contributed by atoms with E-state index in [-0.39, 0.29) is 22.8 Å². The summed E-state index contributed by atoms with van der Waals surface area (Å²) in [4.78, 5) is 12.8. The second-order valence-electron chi connectivity index (χ2n) is 7.14. The van der Waals surface area contributed by atoms with Gasteiger partial charge in [-0.25, -0.2) is 8.42 Å². The molecule has 1 aliphatic heterocycles. The lowest BCUT2D eigenvalue weighted by Crippen LogP contribution is -2.44. The highest BCUT2D eigenvalue weighted by molar-refractivity contribution is 7.92. The minimum atomic E-state index is -4.00. The molecule has 1 saturated heterocycles. The molecule has 0 saturated carbocycles. The van der Waals surface area contributed by atoms with Crippen LogP contribution in [0.4, 0.5) is 11.4 Å². The number of sulfonamides is 1. The maximum absolute atomic E-state index is 13.3. The molecular formula is C20H25N3O5S. The summed E-state index contributed by atoms with van der Waals surface area (Å²) in [5, 5.41) is 21.8. The number of rotatable bonds is 8. The van der Waals surface area contributed by atoms with Gasteiger partial charge in [-0.2, -0.15) is 0 Å². The number of nitrogens with zero attached hydrogens (tertiary/aromatic N) is 3. The van der Waals surface area contributed by atoms with Crippen LogP contribution in [0.25, 0.3) is 0 Å². The number of β-amino-alcohol motifs (C(OH)–C–C–N with tert-alkyl or cyclic N) is 1. The quantitative estimate of drug-likeness (QED) is 0.521. The average Bonchev–Trinajstić information content (AvgIpc) is 2.73. The molecule has 29 heavy (non-hydrogen) atoms. The van der Waals surface area contributed by atoms with Crippen molar-refractivity contribution in [2.24, 2.45) is 0 Å². The third-order valence-electron chi connectivity index (χ3n) is 4.95. The molecule has 2 aromatic rings. The van der Waals surface area contributed by atoms with E-state index >= 15 is 0 Å². The van der Waals surface area contributed by atoms with Crippen molar-refractivity contribution in [3.63, 3.8) is 0 Å². The van der Waals surface area contributed by atoms with Crippen molar-refractivity contribution >= 4 is 21.4 Å². The van der Waals surface area contributed by atoms with Crippen molar-refractivity contribution < 1.29 is 18.4 Å². The Morgan fingerprint density at radius 3 is 2.41 bits per heavy atom. The van der Waals surface area contributed by atoms with Gasteiger partial charge < -0.3 is 10.0 Å². The van der Waals surface area contributed by atoms with Crippen molar-refractivity contribution in [2.45, 2.75) is 30.3 Å². The monoisotopic (exact) mass is 419 g/mol. The van der Waals surface area contributed by atoms with Crippen molar-refractivity contribution in [3.8, 4) is 0 Å². The largest absolute Gasteiger partial charge is 0.390 e. The average molecular weight is 420 g/mol. The molecule has 0 radical (unpaired) electrons. The predicted octanol–water partition coefficient (Wildman–Crippen LogP) is 2.64. The number of hydrogen-bond donors (Lipinski definition) is 1. The third-order valence-corrected chi connectivity index (χ3v) is 6.76. The first-order valence-electron chi connectivity index (χ1n) is 9.60. The summed E-state index contributed by atoms with van der Waals surface area (Å²) in [7, 11) is -4.00. The highest BCUT2D eigenvalue weighted by atomic mass is 32.2. The van der Waals surface area contributed by atoms with Gasteiger partial charge in [0.1, 0.15) is 0 Å². The van der Waals surface area contributed by atoms with Crippen LogP contribution in [0.15, 0.2) is 59.5 Å². The van der Waals surface area contributed by atoms with E-state index in [1.54, 1.807) is 18.2 Å². The van der Waals surface area contributed by atoms with Crippen LogP contribution in [0, 0.1) is 10.1 Å². The first-order chi connectivity index (χ1) is 13.9. The second kappa shape index (κ2) is 9.34. The molecule has 0 bridgehead atoms. The number of nitro groups is 1. The summed E-state index contributed by atoms with van der Waals surface area (Å²) in [6.45, 7) is 1.92. The minimum Gasteiger partial charge on any atom is -0.390 e. The smallest absolute Gasteiger partial charge is 0.271 e. The lowest BCUT2D eigenvalue weighted by Gasteiger charge is -2.31. The molecule has 0 unspecified atom stereocenters. The topological polar surface area (TPSA) is 104 Å². The van der Waals surface area contributed by atoms with Gasteiger partial charge >= 0.3 is 0 Å². The molecule has 0 aliphatic carbocycles. The van der Waals surface area contributed by atoms with E-state index in [4.69, 9.17) is 0 Å². The van der Waals surface area contributed by atoms with Gasteiger partial charge in [-0.05, 0) is 44.1 Å². The van der Waals surface area contributed by atoms with Gasteiger partial charge in [0.15, 0.2) is 0 Å². The Labute approximate surface area is 170 Å². The van der Waals surface area contributed by atoms with E-state index in [1.165, 1.54) is 36.4 Å². The van der Waals surface area contributed by atoms with E-state index in [0.29, 0.717) is 6.54 Å². The predicted molar refractivity (Wildman–Crippen MR) is 110 cm³/mol. The Bertz CT molecular complexity index is 930. The first kappa shape index (κ1) is 21.2. The van der Waals surface area contributed by atoms with Gasteiger partial charge in [0.05, 0.1) is 28.2 Å². The van der Waals surface area contributed by atoms with Gasteiger partial charge in [-0.1, -0.05) is 30.7 Å². The Morgan fingerprint density at radius 1 is 1.07 bits per heavy atom. The Balaban J connectivity index is 1.91. The van der Waals surface area contributed by atoms with Crippen LogP contribution >= 0.6 is 0 Å². The van der Waals surface area contributed by atoms with Crippen molar-refractivity contribution in [3.05, 3.63) is 64.7 Å². The zero-order valence-electron chi connectivity index (χ0n) is 16.1. The third kappa shape index (κ3) is 5.31. The fourth-order valence-corrected chi connectivity index (χ4v) is 5.03. The van der Waals surface area contributed by atoms with Crippen LogP contribution in [0.1, 0.15) is 19.3 Å². The Kier molecular flexibility index (Phi) is 6.83. The number of likely N-dealkylation sites (tertiary alicyclic amines) is 1. The molecule has 1 aliphatic rings. The summed E-state index contributed by atoms with van der Waals surface area (Å²) in [5.74, 6) is 0. The van der Waals surface area contributed by atoms with Crippen LogP contribution in [-0.2, 0) is 10.0 Å². The van der Waals surface area contributed by atoms with E-state index in [0.717, 1.165) is 36.7 Å². The molecule has 0 spiro atoms. The lowest BCUT2D eigenvalue weighted by atomic mass is 10.1. The van der Waals surface area contributed by atoms with Gasteiger partial charge in [-0.15, -0.1) is 0 Å². The number of nitro benzene ring substituents is 1. The molecule has 8 nitrogen and oxygen atoms in total. The zero-order valence-corrected chi connectivity index (χ0v) is 16.9. The molecule has 1 heterocycles. The van der Waals surface area contributed by atoms with Crippen LogP contribution in [0.3, 0.4) is 0 Å². The van der Waals surface area contributed by atoms with Crippen LogP contribution in [-0.4, -0.2) is 55.6 Å². The highest BCUT2D eigenvalue weighted by Gasteiger charge is 2.29. The molecule has 0 aromatic heterocycles. The van der Waals surface area contributed by atoms with E-state index in [9.17, 15) is 23.6 Å². The fraction of sp³-hybridized carbons (Fsp3) is 0.400. The molecule has 9 heteroatoms. The van der Waals surface area contributed by atoms with Gasteiger partial charge in [0.2, 0.25) is 0 Å². The number of hydrogen-bond acceptors (Lipinski definition) is 6. The number of piperidine rings is 1. The normalized spacial score (nSPS) is 16.3. The summed E-state index contributed by atoms with van der Waals surface area (Å²) in [6, 6.07) is 13.3. The lowest BCUT2D eigenvalue weighted by molar-refractivity contribution is -0.384. The van der Waals surface area contributed by atoms with E-state index in [2.05, 4.69) is 4.90 Å². The number of aliphatic hydroxyl groups is 1. The van der Waals surface area contributed by atoms with Gasteiger partial charge in [0, 0.05) is 18.7 Å². The van der Waals surface area contributed by atoms with Crippen molar-refractivity contribution in [1.82, 2.24) is 4.90 Å². The molecule has 1 atom stereocenters. The SMILES string of the molecule is O=[N+]([O-])c1cccc(N(C[C@H](O)CN2CCCCC2)S(=O)(=O)c2ccccc2)c1. The maximum atomic E-state index is 13.3. The van der Waals surface area contributed by atoms with Crippen molar-refractivity contribution in [1.29, 1.82) is 0 Å². The second-order valence-corrected chi connectivity index (χ2v) is 9.00. The molecule has 1 N–H and O–H groups in total. The first-order valence-corrected chi connectivity index (χ1v) is 11.0. The Morgan fingerprint density at radius 2 is 1.76 bits per heavy atom. The van der Waals surface area contributed by atoms with Crippen LogP contribution in [0.5, 0.6) is 0 Å². The summed E-state index contributed by atoms with van der Waals surface area (Å²) >= 11 is 0. The highest BCUT2D eigenvalue weighted by Crippen LogP contribution is 2.27. The standard InChI is InChI=1S/C20H25N3O5S/c24-19(15-21-12-5-2-6-13-21)16-22(17-8-7-9-18(14-17)23(25)26)29(27,28)20-10-3-1-4-11-20/h1,3-4,7-11,14,19,24H,2,5-6,12-13,15-16H2/t19-/m1/s1. The number of anilines is 1. The summed E-state index contributed by atoms with van der Waals surface area (Å²) < 4.78 is 27.6. The number of benzene rings is 2. The maximum Gasteiger partial charge on any atom is 0.271 e. The molecule has 0 amide bonds. The van der Waals surface area contributed by atoms with Crippen molar-refractivity contribution in [2.75, 3.05) is 30.5 Å². The molecule has 3 rings (SSSR count). The van der Waals surface area contributed by atoms with E-state index in [1.807, 2.05) is 0 Å².